The Kier molecular flexibility index (Phi) is 5.69. The maximum absolute atomic E-state index is 11.7. The molecular weight excluding hydrogens is 264 g/mol. The molecule has 0 spiro atoms. The summed E-state index contributed by atoms with van der Waals surface area (Å²) in [5, 5.41) is 14.3. The number of carboxylic acids is 1. The Morgan fingerprint density at radius 1 is 1.58 bits per heavy atom. The van der Waals surface area contributed by atoms with Gasteiger partial charge in [-0.3, -0.25) is 4.79 Å². The van der Waals surface area contributed by atoms with Crippen molar-refractivity contribution in [2.45, 2.75) is 33.2 Å². The fraction of sp³-hybridized carbons (Fsp3) is 0.462. The molecular formula is C13H18N2O3S. The second kappa shape index (κ2) is 7.04. The van der Waals surface area contributed by atoms with Gasteiger partial charge >= 0.3 is 5.97 Å². The van der Waals surface area contributed by atoms with Gasteiger partial charge in [0.1, 0.15) is 6.04 Å². The molecule has 0 aliphatic heterocycles. The first-order valence-corrected chi connectivity index (χ1v) is 6.95. The summed E-state index contributed by atoms with van der Waals surface area (Å²) in [5.74, 6) is -1.55. The Labute approximate surface area is 116 Å². The van der Waals surface area contributed by atoms with Crippen LogP contribution in [0.1, 0.15) is 31.0 Å². The largest absolute Gasteiger partial charge is 0.480 e. The smallest absolute Gasteiger partial charge is 0.326 e. The molecule has 1 amide bonds. The quantitative estimate of drug-likeness (QED) is 0.783. The number of nitrogens with one attached hydrogen (secondary N) is 1. The lowest BCUT2D eigenvalue weighted by atomic mass is 9.99. The molecule has 0 bridgehead atoms. The minimum Gasteiger partial charge on any atom is -0.480 e. The number of aromatic nitrogens is 1. The summed E-state index contributed by atoms with van der Waals surface area (Å²) in [6, 6.07) is -0.862. The fourth-order valence-electron chi connectivity index (χ4n) is 1.50. The molecule has 19 heavy (non-hydrogen) atoms. The summed E-state index contributed by atoms with van der Waals surface area (Å²) in [6.07, 6.45) is 3.58. The summed E-state index contributed by atoms with van der Waals surface area (Å²) >= 11 is 1.50. The van der Waals surface area contributed by atoms with Crippen LogP contribution in [0.4, 0.5) is 0 Å². The highest BCUT2D eigenvalue weighted by molar-refractivity contribution is 7.09. The van der Waals surface area contributed by atoms with Gasteiger partial charge in [0.25, 0.3) is 0 Å². The number of hydrogen-bond acceptors (Lipinski definition) is 4. The molecule has 1 aromatic rings. The molecule has 0 aliphatic rings. The van der Waals surface area contributed by atoms with E-state index >= 15 is 0 Å². The second-order valence-electron chi connectivity index (χ2n) is 4.33. The minimum absolute atomic E-state index is 0.114. The average Bonchev–Trinajstić information content (AvgIpc) is 2.78. The van der Waals surface area contributed by atoms with Crippen molar-refractivity contribution in [3.63, 3.8) is 0 Å². The topological polar surface area (TPSA) is 79.3 Å². The van der Waals surface area contributed by atoms with Crippen LogP contribution in [0.3, 0.4) is 0 Å². The van der Waals surface area contributed by atoms with E-state index in [0.717, 1.165) is 5.01 Å². The van der Waals surface area contributed by atoms with Gasteiger partial charge in [0, 0.05) is 11.5 Å². The Balaban J connectivity index is 2.62. The van der Waals surface area contributed by atoms with Gasteiger partial charge in [-0.2, -0.15) is 0 Å². The molecule has 0 aromatic carbocycles. The molecule has 2 N–H and O–H groups in total. The zero-order valence-corrected chi connectivity index (χ0v) is 12.0. The zero-order chi connectivity index (χ0) is 14.4. The number of aliphatic carboxylic acids is 1. The molecule has 0 fully saturated rings. The number of thiazole rings is 1. The van der Waals surface area contributed by atoms with Crippen LogP contribution in [0.2, 0.25) is 0 Å². The maximum atomic E-state index is 11.7. The van der Waals surface area contributed by atoms with E-state index in [2.05, 4.69) is 10.3 Å². The number of nitrogens with zero attached hydrogens (tertiary/aromatic N) is 1. The number of carboxylic acid groups (broad SMARTS) is 1. The van der Waals surface area contributed by atoms with Crippen LogP contribution in [0.15, 0.2) is 11.5 Å². The second-order valence-corrected chi connectivity index (χ2v) is 5.40. The van der Waals surface area contributed by atoms with Crippen LogP contribution in [0, 0.1) is 12.8 Å². The van der Waals surface area contributed by atoms with Crippen LogP contribution in [0.5, 0.6) is 0 Å². The SMILES string of the molecule is CCC(C)[C@H](NC(=O)C=Cc1csc(C)n1)C(=O)O. The fourth-order valence-corrected chi connectivity index (χ4v) is 2.08. The molecule has 2 atom stereocenters. The van der Waals surface area contributed by atoms with Crippen molar-refractivity contribution in [1.82, 2.24) is 10.3 Å². The highest BCUT2D eigenvalue weighted by Gasteiger charge is 2.24. The van der Waals surface area contributed by atoms with Gasteiger partial charge in [-0.15, -0.1) is 11.3 Å². The molecule has 1 unspecified atom stereocenters. The van der Waals surface area contributed by atoms with Gasteiger partial charge in [0.15, 0.2) is 0 Å². The predicted octanol–water partition coefficient (Wildman–Crippen LogP) is 2.08. The van der Waals surface area contributed by atoms with Crippen molar-refractivity contribution < 1.29 is 14.7 Å². The van der Waals surface area contributed by atoms with Crippen LogP contribution in [0.25, 0.3) is 6.08 Å². The van der Waals surface area contributed by atoms with Crippen LogP contribution in [-0.2, 0) is 9.59 Å². The van der Waals surface area contributed by atoms with E-state index in [1.807, 2.05) is 19.2 Å². The Hall–Kier alpha value is -1.69. The summed E-state index contributed by atoms with van der Waals surface area (Å²) in [7, 11) is 0. The number of amides is 1. The van der Waals surface area contributed by atoms with Crippen molar-refractivity contribution >= 4 is 29.3 Å². The van der Waals surface area contributed by atoms with Crippen LogP contribution in [-0.4, -0.2) is 28.0 Å². The third kappa shape index (κ3) is 4.82. The normalized spacial score (nSPS) is 14.3. The van der Waals surface area contributed by atoms with E-state index < -0.39 is 17.9 Å². The van der Waals surface area contributed by atoms with Crippen molar-refractivity contribution in [2.75, 3.05) is 0 Å². The van der Waals surface area contributed by atoms with E-state index in [0.29, 0.717) is 12.1 Å². The first-order valence-electron chi connectivity index (χ1n) is 6.07. The monoisotopic (exact) mass is 282 g/mol. The third-order valence-electron chi connectivity index (χ3n) is 2.82. The van der Waals surface area contributed by atoms with Gasteiger partial charge in [-0.05, 0) is 18.9 Å². The van der Waals surface area contributed by atoms with Crippen LogP contribution >= 0.6 is 11.3 Å². The lowest BCUT2D eigenvalue weighted by molar-refractivity contribution is -0.142. The summed E-state index contributed by atoms with van der Waals surface area (Å²) in [5.41, 5.74) is 0.702. The molecule has 1 heterocycles. The summed E-state index contributed by atoms with van der Waals surface area (Å²) in [4.78, 5) is 26.9. The number of carbonyl (C=O) groups excluding carboxylic acids is 1. The summed E-state index contributed by atoms with van der Waals surface area (Å²) in [6.45, 7) is 5.57. The Morgan fingerprint density at radius 3 is 2.74 bits per heavy atom. The van der Waals surface area contributed by atoms with E-state index in [1.165, 1.54) is 17.4 Å². The number of carbonyl (C=O) groups is 2. The molecule has 1 aromatic heterocycles. The highest BCUT2D eigenvalue weighted by atomic mass is 32.1. The van der Waals surface area contributed by atoms with Gasteiger partial charge in [-0.25, -0.2) is 9.78 Å². The van der Waals surface area contributed by atoms with Crippen molar-refractivity contribution in [1.29, 1.82) is 0 Å². The molecule has 5 nitrogen and oxygen atoms in total. The molecule has 0 saturated heterocycles. The lowest BCUT2D eigenvalue weighted by Crippen LogP contribution is -2.44. The van der Waals surface area contributed by atoms with Gasteiger partial charge in [0.05, 0.1) is 10.7 Å². The number of rotatable bonds is 6. The summed E-state index contributed by atoms with van der Waals surface area (Å²) < 4.78 is 0. The van der Waals surface area contributed by atoms with Gasteiger partial charge in [0.2, 0.25) is 5.91 Å². The molecule has 1 rings (SSSR count). The number of aryl methyl sites for hydroxylation is 1. The predicted molar refractivity (Wildman–Crippen MR) is 74.9 cm³/mol. The van der Waals surface area contributed by atoms with E-state index in [9.17, 15) is 9.59 Å². The first-order chi connectivity index (χ1) is 8.93. The minimum atomic E-state index is -1.01. The lowest BCUT2D eigenvalue weighted by Gasteiger charge is -2.19. The molecule has 6 heteroatoms. The standard InChI is InChI=1S/C13H18N2O3S/c1-4-8(2)12(13(17)18)15-11(16)6-5-10-7-19-9(3)14-10/h5-8,12H,4H2,1-3H3,(H,15,16)(H,17,18)/t8?,12-/m0/s1. The van der Waals surface area contributed by atoms with Crippen LogP contribution < -0.4 is 5.32 Å². The van der Waals surface area contributed by atoms with Gasteiger partial charge in [-0.1, -0.05) is 20.3 Å². The van der Waals surface area contributed by atoms with Crippen molar-refractivity contribution in [2.24, 2.45) is 5.92 Å². The Bertz CT molecular complexity index is 482. The third-order valence-corrected chi connectivity index (χ3v) is 3.61. The zero-order valence-electron chi connectivity index (χ0n) is 11.2. The molecule has 104 valence electrons. The maximum Gasteiger partial charge on any atom is 0.326 e. The first kappa shape index (κ1) is 15.4. The molecule has 0 aliphatic carbocycles. The molecule has 0 radical (unpaired) electrons. The Morgan fingerprint density at radius 2 is 2.26 bits per heavy atom. The van der Waals surface area contributed by atoms with Crippen molar-refractivity contribution in [3.8, 4) is 0 Å². The number of hydrogen-bond donors (Lipinski definition) is 2. The van der Waals surface area contributed by atoms with Crippen molar-refractivity contribution in [3.05, 3.63) is 22.2 Å². The van der Waals surface area contributed by atoms with Gasteiger partial charge < -0.3 is 10.4 Å². The average molecular weight is 282 g/mol. The van der Waals surface area contributed by atoms with E-state index in [4.69, 9.17) is 5.11 Å². The van der Waals surface area contributed by atoms with E-state index in [1.54, 1.807) is 13.0 Å². The molecule has 0 saturated carbocycles. The highest BCUT2D eigenvalue weighted by Crippen LogP contribution is 2.10. The van der Waals surface area contributed by atoms with E-state index in [-0.39, 0.29) is 5.92 Å².